The molecule has 6 heteroatoms. The molecule has 0 bridgehead atoms. The van der Waals surface area contributed by atoms with Gasteiger partial charge < -0.3 is 19.7 Å². The first-order valence-electron chi connectivity index (χ1n) is 7.80. The van der Waals surface area contributed by atoms with Gasteiger partial charge in [-0.1, -0.05) is 0 Å². The second-order valence-electron chi connectivity index (χ2n) is 5.62. The van der Waals surface area contributed by atoms with Crippen LogP contribution < -0.4 is 10.1 Å². The van der Waals surface area contributed by atoms with E-state index in [1.165, 1.54) is 0 Å². The molecule has 126 valence electrons. The van der Waals surface area contributed by atoms with Gasteiger partial charge in [0.1, 0.15) is 5.75 Å². The molecule has 2 amide bonds. The van der Waals surface area contributed by atoms with E-state index in [0.717, 1.165) is 17.7 Å². The molecule has 1 unspecified atom stereocenters. The number of benzene rings is 1. The number of carbonyl (C=O) groups is 2. The van der Waals surface area contributed by atoms with Gasteiger partial charge in [-0.25, -0.2) is 4.79 Å². The van der Waals surface area contributed by atoms with Crippen LogP contribution in [0.25, 0.3) is 0 Å². The zero-order chi connectivity index (χ0) is 16.8. The lowest BCUT2D eigenvalue weighted by Gasteiger charge is -2.24. The number of urea groups is 1. The van der Waals surface area contributed by atoms with Gasteiger partial charge in [-0.05, 0) is 43.5 Å². The molecule has 1 N–H and O–H groups in total. The maximum absolute atomic E-state index is 12.8. The molecule has 23 heavy (non-hydrogen) atoms. The average Bonchev–Trinajstić information content (AvgIpc) is 3.03. The molecule has 1 aliphatic heterocycles. The molecule has 1 saturated heterocycles. The lowest BCUT2D eigenvalue weighted by Crippen LogP contribution is -2.46. The van der Waals surface area contributed by atoms with Crippen molar-refractivity contribution in [3.63, 3.8) is 0 Å². The first kappa shape index (κ1) is 17.3. The highest BCUT2D eigenvalue weighted by atomic mass is 16.5. The van der Waals surface area contributed by atoms with Crippen LogP contribution in [0.15, 0.2) is 18.2 Å². The molecule has 0 aliphatic carbocycles. The number of hydrogen-bond acceptors (Lipinski definition) is 4. The number of nitrogens with one attached hydrogen (secondary N) is 1. The predicted molar refractivity (Wildman–Crippen MR) is 87.1 cm³/mol. The van der Waals surface area contributed by atoms with Gasteiger partial charge in [0, 0.05) is 25.8 Å². The number of amides is 2. The maximum Gasteiger partial charge on any atom is 0.318 e. The molecular formula is C17H24N2O4. The lowest BCUT2D eigenvalue weighted by atomic mass is 10.00. The molecule has 0 radical (unpaired) electrons. The van der Waals surface area contributed by atoms with Gasteiger partial charge in [0.25, 0.3) is 0 Å². The highest BCUT2D eigenvalue weighted by molar-refractivity contribution is 6.02. The Morgan fingerprint density at radius 3 is 2.78 bits per heavy atom. The van der Waals surface area contributed by atoms with Crippen molar-refractivity contribution in [3.05, 3.63) is 29.3 Å². The number of ketones is 1. The summed E-state index contributed by atoms with van der Waals surface area (Å²) >= 11 is 0. The Hall–Kier alpha value is -2.08. The largest absolute Gasteiger partial charge is 0.496 e. The Morgan fingerprint density at radius 1 is 1.35 bits per heavy atom. The quantitative estimate of drug-likeness (QED) is 0.643. The Labute approximate surface area is 136 Å². The molecule has 0 spiro atoms. The molecule has 1 aromatic carbocycles. The second kappa shape index (κ2) is 7.97. The topological polar surface area (TPSA) is 67.9 Å². The van der Waals surface area contributed by atoms with E-state index in [4.69, 9.17) is 9.47 Å². The second-order valence-corrected chi connectivity index (χ2v) is 5.62. The fourth-order valence-electron chi connectivity index (χ4n) is 2.87. The minimum absolute atomic E-state index is 0.0184. The Balaban J connectivity index is 2.08. The number of likely N-dealkylation sites (tertiary alicyclic amines) is 1. The average molecular weight is 320 g/mol. The molecule has 6 nitrogen and oxygen atoms in total. The number of rotatable bonds is 6. The number of Topliss-reactive ketones (excluding diaryl/α,β-unsaturated/α-hetero) is 1. The number of methoxy groups -OCH3 is 2. The third-order valence-corrected chi connectivity index (χ3v) is 4.08. The van der Waals surface area contributed by atoms with Crippen LogP contribution in [0.2, 0.25) is 0 Å². The third-order valence-electron chi connectivity index (χ3n) is 4.08. The first-order valence-corrected chi connectivity index (χ1v) is 7.80. The molecule has 1 aliphatic rings. The Bertz CT molecular complexity index is 574. The fraction of sp³-hybridized carbons (Fsp3) is 0.529. The standard InChI is InChI=1S/C17H24N2O4/c1-12-11-13(6-7-15(12)23-3)16(20)14-5-4-9-19(14)17(21)18-8-10-22-2/h6-7,11,14H,4-5,8-10H2,1-3H3,(H,18,21). The first-order chi connectivity index (χ1) is 11.1. The van der Waals surface area contributed by atoms with Crippen LogP contribution in [0.5, 0.6) is 5.75 Å². The van der Waals surface area contributed by atoms with Gasteiger partial charge in [0.15, 0.2) is 5.78 Å². The van der Waals surface area contributed by atoms with Crippen LogP contribution in [0, 0.1) is 6.92 Å². The van der Waals surface area contributed by atoms with Crippen molar-refractivity contribution in [3.8, 4) is 5.75 Å². The number of hydrogen-bond donors (Lipinski definition) is 1. The number of aryl methyl sites for hydroxylation is 1. The predicted octanol–water partition coefficient (Wildman–Crippen LogP) is 2.01. The van der Waals surface area contributed by atoms with Crippen molar-refractivity contribution in [1.82, 2.24) is 10.2 Å². The summed E-state index contributed by atoms with van der Waals surface area (Å²) in [6.07, 6.45) is 1.53. The molecule has 2 rings (SSSR count). The van der Waals surface area contributed by atoms with E-state index >= 15 is 0 Å². The minimum Gasteiger partial charge on any atom is -0.496 e. The number of nitrogens with zero attached hydrogens (tertiary/aromatic N) is 1. The maximum atomic E-state index is 12.8. The monoisotopic (exact) mass is 320 g/mol. The fourth-order valence-corrected chi connectivity index (χ4v) is 2.87. The van der Waals surface area contributed by atoms with Gasteiger partial charge in [0.2, 0.25) is 0 Å². The minimum atomic E-state index is -0.398. The van der Waals surface area contributed by atoms with Crippen LogP contribution in [-0.2, 0) is 4.74 Å². The van der Waals surface area contributed by atoms with E-state index in [1.807, 2.05) is 13.0 Å². The van der Waals surface area contributed by atoms with Crippen LogP contribution in [0.3, 0.4) is 0 Å². The van der Waals surface area contributed by atoms with Crippen LogP contribution >= 0.6 is 0 Å². The van der Waals surface area contributed by atoms with E-state index in [-0.39, 0.29) is 11.8 Å². The Kier molecular flexibility index (Phi) is 5.98. The van der Waals surface area contributed by atoms with Gasteiger partial charge in [-0.15, -0.1) is 0 Å². The summed E-state index contributed by atoms with van der Waals surface area (Å²) in [6.45, 7) is 3.40. The van der Waals surface area contributed by atoms with Gasteiger partial charge in [-0.2, -0.15) is 0 Å². The van der Waals surface area contributed by atoms with Crippen molar-refractivity contribution in [2.75, 3.05) is 33.9 Å². The highest BCUT2D eigenvalue weighted by Gasteiger charge is 2.34. The smallest absolute Gasteiger partial charge is 0.318 e. The molecule has 1 fully saturated rings. The number of ether oxygens (including phenoxy) is 2. The summed E-state index contributed by atoms with van der Waals surface area (Å²) in [6, 6.07) is 4.77. The summed E-state index contributed by atoms with van der Waals surface area (Å²) in [7, 11) is 3.19. The van der Waals surface area contributed by atoms with Gasteiger partial charge in [-0.3, -0.25) is 4.79 Å². The van der Waals surface area contributed by atoms with E-state index in [0.29, 0.717) is 31.7 Å². The van der Waals surface area contributed by atoms with Crippen molar-refractivity contribution >= 4 is 11.8 Å². The van der Waals surface area contributed by atoms with Crippen LogP contribution in [0.1, 0.15) is 28.8 Å². The van der Waals surface area contributed by atoms with Crippen LogP contribution in [-0.4, -0.2) is 56.7 Å². The normalized spacial score (nSPS) is 17.2. The summed E-state index contributed by atoms with van der Waals surface area (Å²) in [5.74, 6) is 0.734. The summed E-state index contributed by atoms with van der Waals surface area (Å²) in [4.78, 5) is 26.6. The number of carbonyl (C=O) groups excluding carboxylic acids is 2. The summed E-state index contributed by atoms with van der Waals surface area (Å²) in [5, 5.41) is 2.78. The van der Waals surface area contributed by atoms with Crippen molar-refractivity contribution in [2.45, 2.75) is 25.8 Å². The van der Waals surface area contributed by atoms with Crippen molar-refractivity contribution < 1.29 is 19.1 Å². The lowest BCUT2D eigenvalue weighted by molar-refractivity contribution is 0.0885. The van der Waals surface area contributed by atoms with E-state index in [2.05, 4.69) is 5.32 Å². The van der Waals surface area contributed by atoms with Crippen molar-refractivity contribution in [1.29, 1.82) is 0 Å². The van der Waals surface area contributed by atoms with Gasteiger partial charge >= 0.3 is 6.03 Å². The SMILES string of the molecule is COCCNC(=O)N1CCCC1C(=O)c1ccc(OC)c(C)c1. The molecule has 0 aromatic heterocycles. The van der Waals surface area contributed by atoms with Crippen molar-refractivity contribution in [2.24, 2.45) is 0 Å². The molecular weight excluding hydrogens is 296 g/mol. The molecule has 1 aromatic rings. The van der Waals surface area contributed by atoms with E-state index in [9.17, 15) is 9.59 Å². The Morgan fingerprint density at radius 2 is 2.13 bits per heavy atom. The third kappa shape index (κ3) is 4.01. The highest BCUT2D eigenvalue weighted by Crippen LogP contribution is 2.24. The van der Waals surface area contributed by atoms with E-state index in [1.54, 1.807) is 31.3 Å². The zero-order valence-corrected chi connectivity index (χ0v) is 13.9. The van der Waals surface area contributed by atoms with E-state index < -0.39 is 6.04 Å². The van der Waals surface area contributed by atoms with Crippen LogP contribution in [0.4, 0.5) is 4.79 Å². The summed E-state index contributed by atoms with van der Waals surface area (Å²) < 4.78 is 10.1. The molecule has 0 saturated carbocycles. The molecule has 1 atom stereocenters. The summed E-state index contributed by atoms with van der Waals surface area (Å²) in [5.41, 5.74) is 1.53. The zero-order valence-electron chi connectivity index (χ0n) is 13.9. The molecule has 1 heterocycles. The van der Waals surface area contributed by atoms with Gasteiger partial charge in [0.05, 0.1) is 19.8 Å².